The van der Waals surface area contributed by atoms with Crippen LogP contribution in [-0.4, -0.2) is 54.2 Å². The molecule has 0 saturated carbocycles. The summed E-state index contributed by atoms with van der Waals surface area (Å²) in [6, 6.07) is 11.5. The van der Waals surface area contributed by atoms with Gasteiger partial charge in [-0.25, -0.2) is 0 Å². The van der Waals surface area contributed by atoms with Gasteiger partial charge in [0, 0.05) is 31.0 Å². The number of H-pyrrole nitrogens is 1. The molecule has 29 heavy (non-hydrogen) atoms. The number of nitrogens with one attached hydrogen (secondary N) is 1. The van der Waals surface area contributed by atoms with Gasteiger partial charge in [-0.2, -0.15) is 0 Å². The van der Waals surface area contributed by atoms with Crippen molar-refractivity contribution in [2.45, 2.75) is 33.3 Å². The minimum absolute atomic E-state index is 0.109. The van der Waals surface area contributed by atoms with Crippen molar-refractivity contribution in [3.05, 3.63) is 64.1 Å². The predicted molar refractivity (Wildman–Crippen MR) is 120 cm³/mol. The van der Waals surface area contributed by atoms with E-state index in [9.17, 15) is 9.90 Å². The van der Waals surface area contributed by atoms with Crippen LogP contribution in [-0.2, 0) is 4.74 Å². The molecule has 0 aliphatic carbocycles. The predicted octanol–water partition coefficient (Wildman–Crippen LogP) is 3.16. The van der Waals surface area contributed by atoms with Crippen molar-refractivity contribution in [2.75, 3.05) is 37.8 Å². The van der Waals surface area contributed by atoms with Gasteiger partial charge in [0.2, 0.25) is 5.56 Å². The van der Waals surface area contributed by atoms with Gasteiger partial charge in [-0.15, -0.1) is 0 Å². The molecular weight excluding hydrogens is 368 g/mol. The molecule has 0 amide bonds. The minimum atomic E-state index is -0.821. The summed E-state index contributed by atoms with van der Waals surface area (Å²) in [6.07, 6.45) is 5.84. The summed E-state index contributed by atoms with van der Waals surface area (Å²) < 4.78 is 5.42. The smallest absolute Gasteiger partial charge is 0.247 e. The monoisotopic (exact) mass is 402 g/mol. The second-order valence-corrected chi connectivity index (χ2v) is 6.31. The van der Waals surface area contributed by atoms with E-state index in [0.717, 1.165) is 36.3 Å². The van der Waals surface area contributed by atoms with E-state index in [1.54, 1.807) is 12.3 Å². The number of nitrogens with zero attached hydrogens (tertiary/aromatic N) is 1. The first kappa shape index (κ1) is 24.6. The largest absolute Gasteiger partial charge is 0.394 e. The van der Waals surface area contributed by atoms with Gasteiger partial charge in [0.15, 0.2) is 0 Å². The molecule has 6 nitrogen and oxygen atoms in total. The van der Waals surface area contributed by atoms with Crippen LogP contribution in [0.15, 0.2) is 47.4 Å². The molecule has 3 N–H and O–H groups in total. The molecule has 1 atom stereocenters. The summed E-state index contributed by atoms with van der Waals surface area (Å²) in [5, 5.41) is 18.1. The van der Waals surface area contributed by atoms with E-state index in [0.29, 0.717) is 6.61 Å². The minimum Gasteiger partial charge on any atom is -0.394 e. The lowest BCUT2D eigenvalue weighted by atomic mass is 10.1. The zero-order chi connectivity index (χ0) is 21.5. The van der Waals surface area contributed by atoms with Crippen LogP contribution in [0.2, 0.25) is 0 Å². The van der Waals surface area contributed by atoms with Gasteiger partial charge in [0.05, 0.1) is 19.8 Å². The first-order valence-electron chi connectivity index (χ1n) is 10.2. The van der Waals surface area contributed by atoms with E-state index in [1.165, 1.54) is 6.07 Å². The fraction of sp³-hybridized carbons (Fsp3) is 0.435. The number of anilines is 1. The molecule has 0 saturated heterocycles. The number of rotatable bonds is 11. The molecule has 2 aromatic rings. The number of hydrogen-bond donors (Lipinski definition) is 3. The highest BCUT2D eigenvalue weighted by Crippen LogP contribution is 2.17. The van der Waals surface area contributed by atoms with Crippen molar-refractivity contribution in [1.29, 1.82) is 0 Å². The standard InChI is InChI=1S/C21H28N2O4.C2H6/c1-2-11-23(12-13-27-16-20(25)15-24)19-8-5-17(6-9-19)3-4-18-7-10-21(26)22-14-18;1-2/h3-10,14,20,24-25H,2,11-13,15-16H2,1H3,(H,22,26);1-2H3/b4-3+;. The zero-order valence-electron chi connectivity index (χ0n) is 17.7. The fourth-order valence-corrected chi connectivity index (χ4v) is 2.60. The van der Waals surface area contributed by atoms with Crippen LogP contribution in [0, 0.1) is 0 Å². The maximum absolute atomic E-state index is 11.1. The van der Waals surface area contributed by atoms with Crippen molar-refractivity contribution in [2.24, 2.45) is 0 Å². The Morgan fingerprint density at radius 2 is 1.72 bits per heavy atom. The second-order valence-electron chi connectivity index (χ2n) is 6.31. The molecule has 0 radical (unpaired) electrons. The van der Waals surface area contributed by atoms with Crippen molar-refractivity contribution in [1.82, 2.24) is 4.98 Å². The third kappa shape index (κ3) is 9.56. The van der Waals surface area contributed by atoms with E-state index < -0.39 is 6.10 Å². The van der Waals surface area contributed by atoms with E-state index in [2.05, 4.69) is 41.1 Å². The molecule has 1 unspecified atom stereocenters. The lowest BCUT2D eigenvalue weighted by Crippen LogP contribution is -2.29. The topological polar surface area (TPSA) is 85.8 Å². The van der Waals surface area contributed by atoms with Crippen molar-refractivity contribution in [3.63, 3.8) is 0 Å². The summed E-state index contributed by atoms with van der Waals surface area (Å²) >= 11 is 0. The molecule has 1 aromatic heterocycles. The number of ether oxygens (including phenoxy) is 1. The summed E-state index contributed by atoms with van der Waals surface area (Å²) in [5.41, 5.74) is 3.02. The van der Waals surface area contributed by atoms with Gasteiger partial charge < -0.3 is 24.8 Å². The molecule has 0 aliphatic rings. The van der Waals surface area contributed by atoms with Crippen molar-refractivity contribution < 1.29 is 14.9 Å². The maximum atomic E-state index is 11.1. The van der Waals surface area contributed by atoms with Crippen LogP contribution >= 0.6 is 0 Å². The normalized spacial score (nSPS) is 11.8. The van der Waals surface area contributed by atoms with Gasteiger partial charge >= 0.3 is 0 Å². The molecule has 160 valence electrons. The molecule has 1 aromatic carbocycles. The SMILES string of the molecule is CC.CCCN(CCOCC(O)CO)c1ccc(/C=C/c2ccc(=O)[nH]c2)cc1. The molecule has 0 aliphatic heterocycles. The Hall–Kier alpha value is -2.41. The fourth-order valence-electron chi connectivity index (χ4n) is 2.60. The van der Waals surface area contributed by atoms with Crippen molar-refractivity contribution >= 4 is 17.8 Å². The van der Waals surface area contributed by atoms with Gasteiger partial charge in [-0.05, 0) is 35.7 Å². The summed E-state index contributed by atoms with van der Waals surface area (Å²) in [4.78, 5) is 16.0. The Balaban J connectivity index is 0.00000204. The van der Waals surface area contributed by atoms with Crippen LogP contribution in [0.3, 0.4) is 0 Å². The lowest BCUT2D eigenvalue weighted by Gasteiger charge is -2.24. The van der Waals surface area contributed by atoms with Gasteiger partial charge in [-0.1, -0.05) is 45.1 Å². The van der Waals surface area contributed by atoms with Crippen LogP contribution in [0.25, 0.3) is 12.2 Å². The average molecular weight is 403 g/mol. The number of aromatic nitrogens is 1. The first-order chi connectivity index (χ1) is 14.1. The van der Waals surface area contributed by atoms with Crippen molar-refractivity contribution in [3.8, 4) is 0 Å². The average Bonchev–Trinajstić information content (AvgIpc) is 2.77. The quantitative estimate of drug-likeness (QED) is 0.503. The third-order valence-corrected chi connectivity index (χ3v) is 4.05. The Morgan fingerprint density at radius 3 is 2.31 bits per heavy atom. The number of hydrogen-bond acceptors (Lipinski definition) is 5. The number of pyridine rings is 1. The lowest BCUT2D eigenvalue weighted by molar-refractivity contribution is 0.00840. The molecular formula is C23H34N2O4. The Kier molecular flexibility index (Phi) is 12.4. The summed E-state index contributed by atoms with van der Waals surface area (Å²) in [5.74, 6) is 0. The van der Waals surface area contributed by atoms with Crippen LogP contribution < -0.4 is 10.5 Å². The summed E-state index contributed by atoms with van der Waals surface area (Å²) in [7, 11) is 0. The number of aliphatic hydroxyl groups is 2. The Bertz CT molecular complexity index is 736. The number of aromatic amines is 1. The highest BCUT2D eigenvalue weighted by molar-refractivity contribution is 5.70. The molecule has 0 fully saturated rings. The van der Waals surface area contributed by atoms with E-state index >= 15 is 0 Å². The highest BCUT2D eigenvalue weighted by Gasteiger charge is 2.07. The molecule has 0 spiro atoms. The number of aliphatic hydroxyl groups excluding tert-OH is 2. The van der Waals surface area contributed by atoms with E-state index in [-0.39, 0.29) is 18.8 Å². The summed E-state index contributed by atoms with van der Waals surface area (Å²) in [6.45, 7) is 8.12. The van der Waals surface area contributed by atoms with Gasteiger partial charge in [-0.3, -0.25) is 4.79 Å². The Labute approximate surface area is 173 Å². The van der Waals surface area contributed by atoms with Gasteiger partial charge in [0.25, 0.3) is 0 Å². The van der Waals surface area contributed by atoms with Gasteiger partial charge in [0.1, 0.15) is 6.10 Å². The second kappa shape index (κ2) is 14.6. The third-order valence-electron chi connectivity index (χ3n) is 4.05. The molecule has 6 heteroatoms. The zero-order valence-corrected chi connectivity index (χ0v) is 17.7. The van der Waals surface area contributed by atoms with E-state index in [4.69, 9.17) is 9.84 Å². The number of benzene rings is 1. The maximum Gasteiger partial charge on any atom is 0.247 e. The van der Waals surface area contributed by atoms with Crippen LogP contribution in [0.1, 0.15) is 38.3 Å². The first-order valence-corrected chi connectivity index (χ1v) is 10.2. The highest BCUT2D eigenvalue weighted by atomic mass is 16.5. The Morgan fingerprint density at radius 1 is 1.07 bits per heavy atom. The van der Waals surface area contributed by atoms with E-state index in [1.807, 2.05) is 26.0 Å². The van der Waals surface area contributed by atoms with Crippen LogP contribution in [0.4, 0.5) is 5.69 Å². The van der Waals surface area contributed by atoms with Crippen LogP contribution in [0.5, 0.6) is 0 Å². The molecule has 2 rings (SSSR count). The molecule has 0 bridgehead atoms. The molecule has 1 heterocycles.